The van der Waals surface area contributed by atoms with Gasteiger partial charge in [-0.2, -0.15) is 0 Å². The van der Waals surface area contributed by atoms with Gasteiger partial charge in [-0.05, 0) is 18.6 Å². The van der Waals surface area contributed by atoms with Gasteiger partial charge in [0.1, 0.15) is 17.6 Å². The van der Waals surface area contributed by atoms with Crippen molar-refractivity contribution in [1.82, 2.24) is 0 Å². The number of rotatable bonds is 5. The molecule has 0 heterocycles. The Hall–Kier alpha value is -1.07. The first-order valence-electron chi connectivity index (χ1n) is 4.73. The van der Waals surface area contributed by atoms with Crippen LogP contribution < -0.4 is 9.88 Å². The quantitative estimate of drug-likeness (QED) is 0.823. The highest BCUT2D eigenvalue weighted by Gasteiger charge is 2.15. The van der Waals surface area contributed by atoms with E-state index >= 15 is 0 Å². The number of hydrogen-bond donors (Lipinski definition) is 1. The average Bonchev–Trinajstić information content (AvgIpc) is 2.16. The molecule has 1 unspecified atom stereocenters. The Labute approximate surface area is 90.1 Å². The summed E-state index contributed by atoms with van der Waals surface area (Å²) in [5.74, 6) is 0.506. The van der Waals surface area contributed by atoms with E-state index in [-0.39, 0.29) is 11.9 Å². The molecule has 0 saturated carbocycles. The highest BCUT2D eigenvalue weighted by Crippen LogP contribution is 2.12. The number of sulfonamides is 1. The van der Waals surface area contributed by atoms with Crippen molar-refractivity contribution in [3.05, 3.63) is 30.3 Å². The molecule has 15 heavy (non-hydrogen) atoms. The summed E-state index contributed by atoms with van der Waals surface area (Å²) in [5, 5.41) is 4.96. The van der Waals surface area contributed by atoms with E-state index in [1.54, 1.807) is 12.1 Å². The predicted octanol–water partition coefficient (Wildman–Crippen LogP) is 1.13. The van der Waals surface area contributed by atoms with E-state index in [9.17, 15) is 8.42 Å². The first-order chi connectivity index (χ1) is 7.01. The minimum atomic E-state index is -3.48. The molecule has 0 aliphatic heterocycles. The number of nitrogens with two attached hydrogens (primary N) is 1. The molecule has 0 aromatic heterocycles. The van der Waals surface area contributed by atoms with E-state index in [2.05, 4.69) is 0 Å². The van der Waals surface area contributed by atoms with Crippen molar-refractivity contribution in [2.75, 3.05) is 5.75 Å². The fraction of sp³-hybridized carbons (Fsp3) is 0.400. The van der Waals surface area contributed by atoms with Crippen LogP contribution in [0.25, 0.3) is 0 Å². The maximum absolute atomic E-state index is 10.9. The second-order valence-corrected chi connectivity index (χ2v) is 4.95. The van der Waals surface area contributed by atoms with Gasteiger partial charge in [0, 0.05) is 0 Å². The maximum atomic E-state index is 10.9. The van der Waals surface area contributed by atoms with E-state index in [1.165, 1.54) is 0 Å². The SMILES string of the molecule is CCC(CS(N)(=O)=O)Oc1ccccc1. The normalized spacial score (nSPS) is 13.5. The molecule has 0 aliphatic rings. The predicted molar refractivity (Wildman–Crippen MR) is 59.1 cm³/mol. The van der Waals surface area contributed by atoms with E-state index in [0.717, 1.165) is 0 Å². The molecule has 4 nitrogen and oxygen atoms in total. The zero-order chi connectivity index (χ0) is 11.3. The Morgan fingerprint density at radius 1 is 1.33 bits per heavy atom. The van der Waals surface area contributed by atoms with E-state index in [4.69, 9.17) is 9.88 Å². The van der Waals surface area contributed by atoms with Crippen LogP contribution in [0.15, 0.2) is 30.3 Å². The summed E-state index contributed by atoms with van der Waals surface area (Å²) >= 11 is 0. The summed E-state index contributed by atoms with van der Waals surface area (Å²) in [5.41, 5.74) is 0. The number of primary sulfonamides is 1. The Kier molecular flexibility index (Phi) is 4.11. The molecule has 1 aromatic rings. The third-order valence-electron chi connectivity index (χ3n) is 1.92. The maximum Gasteiger partial charge on any atom is 0.212 e. The first kappa shape index (κ1) is 12.0. The highest BCUT2D eigenvalue weighted by atomic mass is 32.2. The van der Waals surface area contributed by atoms with Crippen LogP contribution in [0.5, 0.6) is 5.75 Å². The van der Waals surface area contributed by atoms with Crippen LogP contribution >= 0.6 is 0 Å². The molecular weight excluding hydrogens is 214 g/mol. The molecule has 84 valence electrons. The summed E-state index contributed by atoms with van der Waals surface area (Å²) < 4.78 is 27.3. The van der Waals surface area contributed by atoms with Crippen molar-refractivity contribution in [2.45, 2.75) is 19.4 Å². The molecule has 1 aromatic carbocycles. The first-order valence-corrected chi connectivity index (χ1v) is 6.45. The second kappa shape index (κ2) is 5.14. The van der Waals surface area contributed by atoms with Gasteiger partial charge in [0.05, 0.1) is 0 Å². The van der Waals surface area contributed by atoms with Crippen molar-refractivity contribution in [3.63, 3.8) is 0 Å². The molecule has 1 rings (SSSR count). The fourth-order valence-electron chi connectivity index (χ4n) is 1.19. The Balaban J connectivity index is 2.63. The van der Waals surface area contributed by atoms with Gasteiger partial charge >= 0.3 is 0 Å². The van der Waals surface area contributed by atoms with Gasteiger partial charge in [-0.25, -0.2) is 13.6 Å². The summed E-state index contributed by atoms with van der Waals surface area (Å²) in [4.78, 5) is 0. The van der Waals surface area contributed by atoms with Gasteiger partial charge in [-0.3, -0.25) is 0 Å². The van der Waals surface area contributed by atoms with Gasteiger partial charge in [0.25, 0.3) is 0 Å². The second-order valence-electron chi connectivity index (χ2n) is 3.29. The average molecular weight is 229 g/mol. The number of ether oxygens (including phenoxy) is 1. The van der Waals surface area contributed by atoms with Crippen LogP contribution in [0.4, 0.5) is 0 Å². The Morgan fingerprint density at radius 2 is 1.93 bits per heavy atom. The third kappa shape index (κ3) is 4.80. The summed E-state index contributed by atoms with van der Waals surface area (Å²) in [6, 6.07) is 9.10. The monoisotopic (exact) mass is 229 g/mol. The Morgan fingerprint density at radius 3 is 2.40 bits per heavy atom. The van der Waals surface area contributed by atoms with Crippen molar-refractivity contribution >= 4 is 10.0 Å². The van der Waals surface area contributed by atoms with Crippen molar-refractivity contribution < 1.29 is 13.2 Å². The largest absolute Gasteiger partial charge is 0.489 e. The molecule has 0 amide bonds. The molecule has 5 heteroatoms. The molecule has 0 aliphatic carbocycles. The third-order valence-corrected chi connectivity index (χ3v) is 2.76. The molecule has 0 bridgehead atoms. The number of benzene rings is 1. The molecule has 0 saturated heterocycles. The fourth-order valence-corrected chi connectivity index (χ4v) is 2.01. The number of hydrogen-bond acceptors (Lipinski definition) is 3. The molecule has 0 spiro atoms. The van der Waals surface area contributed by atoms with Crippen LogP contribution in [0.3, 0.4) is 0 Å². The number of para-hydroxylation sites is 1. The minimum Gasteiger partial charge on any atom is -0.489 e. The van der Waals surface area contributed by atoms with Crippen LogP contribution in [0, 0.1) is 0 Å². The smallest absolute Gasteiger partial charge is 0.212 e. The standard InChI is InChI=1S/C10H15NO3S/c1-2-9(8-15(11,12)13)14-10-6-4-3-5-7-10/h3-7,9H,2,8H2,1H3,(H2,11,12,13). The van der Waals surface area contributed by atoms with Crippen LogP contribution in [0.2, 0.25) is 0 Å². The highest BCUT2D eigenvalue weighted by molar-refractivity contribution is 7.89. The topological polar surface area (TPSA) is 69.4 Å². The zero-order valence-electron chi connectivity index (χ0n) is 8.59. The lowest BCUT2D eigenvalue weighted by molar-refractivity contribution is 0.219. The molecular formula is C10H15NO3S. The van der Waals surface area contributed by atoms with Crippen molar-refractivity contribution in [3.8, 4) is 5.75 Å². The molecule has 1 atom stereocenters. The van der Waals surface area contributed by atoms with Gasteiger partial charge in [0.15, 0.2) is 0 Å². The van der Waals surface area contributed by atoms with Crippen molar-refractivity contribution in [2.24, 2.45) is 5.14 Å². The van der Waals surface area contributed by atoms with E-state index in [0.29, 0.717) is 12.2 Å². The summed E-state index contributed by atoms with van der Waals surface area (Å²) in [6.45, 7) is 1.86. The van der Waals surface area contributed by atoms with Crippen LogP contribution in [-0.2, 0) is 10.0 Å². The zero-order valence-corrected chi connectivity index (χ0v) is 9.41. The molecule has 0 fully saturated rings. The van der Waals surface area contributed by atoms with E-state index < -0.39 is 10.0 Å². The molecule has 2 N–H and O–H groups in total. The lowest BCUT2D eigenvalue weighted by atomic mass is 10.3. The lowest BCUT2D eigenvalue weighted by Gasteiger charge is -2.16. The van der Waals surface area contributed by atoms with Crippen molar-refractivity contribution in [1.29, 1.82) is 0 Å². The van der Waals surface area contributed by atoms with Gasteiger partial charge < -0.3 is 4.74 Å². The summed E-state index contributed by atoms with van der Waals surface area (Å²) in [7, 11) is -3.48. The summed E-state index contributed by atoms with van der Waals surface area (Å²) in [6.07, 6.45) is 0.216. The van der Waals surface area contributed by atoms with Gasteiger partial charge in [-0.15, -0.1) is 0 Å². The van der Waals surface area contributed by atoms with Crippen LogP contribution in [-0.4, -0.2) is 20.3 Å². The van der Waals surface area contributed by atoms with Crippen LogP contribution in [0.1, 0.15) is 13.3 Å². The van der Waals surface area contributed by atoms with E-state index in [1.807, 2.05) is 25.1 Å². The Bertz CT molecular complexity index is 388. The van der Waals surface area contributed by atoms with Gasteiger partial charge in [-0.1, -0.05) is 25.1 Å². The molecule has 0 radical (unpaired) electrons. The lowest BCUT2D eigenvalue weighted by Crippen LogP contribution is -2.30. The minimum absolute atomic E-state index is 0.154. The van der Waals surface area contributed by atoms with Gasteiger partial charge in [0.2, 0.25) is 10.0 Å².